The molecule has 12 heavy (non-hydrogen) atoms. The van der Waals surface area contributed by atoms with Crippen LogP contribution in [-0.2, 0) is 0 Å². The lowest BCUT2D eigenvalue weighted by molar-refractivity contribution is 0.870. The van der Waals surface area contributed by atoms with Crippen LogP contribution in [0.3, 0.4) is 0 Å². The van der Waals surface area contributed by atoms with Gasteiger partial charge in [0, 0.05) is 11.4 Å². The Hall–Kier alpha value is -0.830. The molecule has 1 rings (SSSR count). The van der Waals surface area contributed by atoms with Gasteiger partial charge < -0.3 is 10.5 Å². The average Bonchev–Trinajstić information content (AvgIpc) is 2.04. The van der Waals surface area contributed by atoms with E-state index in [1.165, 1.54) is 5.56 Å². The molecule has 3 heteroatoms. The maximum atomic E-state index is 5.67. The Morgan fingerprint density at radius 2 is 2.08 bits per heavy atom. The second-order valence-electron chi connectivity index (χ2n) is 3.11. The van der Waals surface area contributed by atoms with E-state index in [0.29, 0.717) is 5.92 Å². The standard InChI is InChI=1S/C9H14N2S/c1-6(2)8-5-7(10)3-4-9(8)11-12/h3-6,11-12H,10H2,1-2H3. The fraction of sp³-hybridized carbons (Fsp3) is 0.333. The molecule has 0 bridgehead atoms. The molecule has 0 heterocycles. The van der Waals surface area contributed by atoms with E-state index in [1.807, 2.05) is 18.2 Å². The first kappa shape index (κ1) is 9.26. The third-order valence-corrected chi connectivity index (χ3v) is 2.06. The molecule has 66 valence electrons. The van der Waals surface area contributed by atoms with Crippen molar-refractivity contribution in [3.05, 3.63) is 23.8 Å². The number of nitrogen functional groups attached to an aromatic ring is 1. The van der Waals surface area contributed by atoms with Crippen molar-refractivity contribution in [3.63, 3.8) is 0 Å². The number of nitrogens with one attached hydrogen (secondary N) is 1. The highest BCUT2D eigenvalue weighted by molar-refractivity contribution is 7.81. The lowest BCUT2D eigenvalue weighted by Gasteiger charge is -2.11. The summed E-state index contributed by atoms with van der Waals surface area (Å²) in [5.41, 5.74) is 8.69. The van der Waals surface area contributed by atoms with Crippen molar-refractivity contribution in [2.24, 2.45) is 0 Å². The molecule has 0 aliphatic rings. The minimum absolute atomic E-state index is 0.461. The smallest absolute Gasteiger partial charge is 0.0474 e. The van der Waals surface area contributed by atoms with Gasteiger partial charge in [0.2, 0.25) is 0 Å². The van der Waals surface area contributed by atoms with Gasteiger partial charge in [-0.15, -0.1) is 0 Å². The molecule has 0 aromatic heterocycles. The molecule has 0 aliphatic heterocycles. The van der Waals surface area contributed by atoms with Crippen molar-refractivity contribution in [3.8, 4) is 0 Å². The van der Waals surface area contributed by atoms with E-state index < -0.39 is 0 Å². The predicted molar refractivity (Wildman–Crippen MR) is 57.6 cm³/mol. The quantitative estimate of drug-likeness (QED) is 0.486. The summed E-state index contributed by atoms with van der Waals surface area (Å²) >= 11 is 4.02. The first-order chi connectivity index (χ1) is 5.65. The van der Waals surface area contributed by atoms with Gasteiger partial charge in [-0.3, -0.25) is 0 Å². The Balaban J connectivity index is 3.12. The minimum Gasteiger partial charge on any atom is -0.399 e. The molecule has 0 spiro atoms. The Morgan fingerprint density at radius 3 is 2.58 bits per heavy atom. The molecule has 0 radical (unpaired) electrons. The van der Waals surface area contributed by atoms with Crippen molar-refractivity contribution in [2.45, 2.75) is 19.8 Å². The van der Waals surface area contributed by atoms with E-state index in [2.05, 4.69) is 31.4 Å². The summed E-state index contributed by atoms with van der Waals surface area (Å²) < 4.78 is 2.84. The lowest BCUT2D eigenvalue weighted by atomic mass is 10.0. The van der Waals surface area contributed by atoms with Gasteiger partial charge in [-0.05, 0) is 29.7 Å². The maximum Gasteiger partial charge on any atom is 0.0474 e. The zero-order valence-corrected chi connectivity index (χ0v) is 8.23. The summed E-state index contributed by atoms with van der Waals surface area (Å²) in [6, 6.07) is 5.78. The highest BCUT2D eigenvalue weighted by Crippen LogP contribution is 2.26. The number of hydrogen-bond donors (Lipinski definition) is 3. The van der Waals surface area contributed by atoms with Crippen LogP contribution in [0, 0.1) is 0 Å². The molecular weight excluding hydrogens is 168 g/mol. The molecule has 0 fully saturated rings. The molecule has 3 N–H and O–H groups in total. The number of nitrogens with two attached hydrogens (primary N) is 1. The van der Waals surface area contributed by atoms with Gasteiger partial charge in [0.15, 0.2) is 0 Å². The molecule has 0 unspecified atom stereocenters. The normalized spacial score (nSPS) is 10.3. The molecule has 1 aromatic rings. The summed E-state index contributed by atoms with van der Waals surface area (Å²) in [7, 11) is 0. The van der Waals surface area contributed by atoms with E-state index in [4.69, 9.17) is 5.73 Å². The van der Waals surface area contributed by atoms with Gasteiger partial charge >= 0.3 is 0 Å². The lowest BCUT2D eigenvalue weighted by Crippen LogP contribution is -1.95. The first-order valence-corrected chi connectivity index (χ1v) is 4.39. The molecular formula is C9H14N2S. The second kappa shape index (κ2) is 3.72. The topological polar surface area (TPSA) is 38.0 Å². The van der Waals surface area contributed by atoms with Crippen LogP contribution in [0.5, 0.6) is 0 Å². The Bertz CT molecular complexity index is 271. The van der Waals surface area contributed by atoms with Crippen LogP contribution in [0.4, 0.5) is 11.4 Å². The van der Waals surface area contributed by atoms with Crippen LogP contribution >= 0.6 is 12.8 Å². The molecule has 0 amide bonds. The number of anilines is 2. The van der Waals surface area contributed by atoms with Crippen molar-refractivity contribution in [1.82, 2.24) is 0 Å². The Labute approximate surface area is 78.7 Å². The van der Waals surface area contributed by atoms with Crippen LogP contribution in [0.2, 0.25) is 0 Å². The van der Waals surface area contributed by atoms with Gasteiger partial charge in [0.25, 0.3) is 0 Å². The van der Waals surface area contributed by atoms with Crippen molar-refractivity contribution >= 4 is 24.2 Å². The number of benzene rings is 1. The van der Waals surface area contributed by atoms with Gasteiger partial charge in [0.05, 0.1) is 0 Å². The van der Waals surface area contributed by atoms with Gasteiger partial charge in [-0.25, -0.2) is 0 Å². The zero-order valence-electron chi connectivity index (χ0n) is 7.33. The average molecular weight is 182 g/mol. The molecule has 1 aromatic carbocycles. The monoisotopic (exact) mass is 182 g/mol. The number of rotatable bonds is 2. The van der Waals surface area contributed by atoms with E-state index in [1.54, 1.807) is 0 Å². The fourth-order valence-corrected chi connectivity index (χ4v) is 1.36. The van der Waals surface area contributed by atoms with E-state index >= 15 is 0 Å². The fourth-order valence-electron chi connectivity index (χ4n) is 1.16. The largest absolute Gasteiger partial charge is 0.399 e. The Kier molecular flexibility index (Phi) is 2.87. The van der Waals surface area contributed by atoms with Crippen molar-refractivity contribution < 1.29 is 0 Å². The zero-order chi connectivity index (χ0) is 9.14. The molecule has 0 aliphatic carbocycles. The minimum atomic E-state index is 0.461. The van der Waals surface area contributed by atoms with Gasteiger partial charge in [-0.2, -0.15) is 0 Å². The van der Waals surface area contributed by atoms with Crippen LogP contribution in [0.15, 0.2) is 18.2 Å². The van der Waals surface area contributed by atoms with Crippen LogP contribution < -0.4 is 10.5 Å². The third-order valence-electron chi connectivity index (χ3n) is 1.82. The van der Waals surface area contributed by atoms with Gasteiger partial charge in [0.1, 0.15) is 0 Å². The molecule has 0 atom stereocenters. The van der Waals surface area contributed by atoms with Gasteiger partial charge in [-0.1, -0.05) is 26.7 Å². The maximum absolute atomic E-state index is 5.67. The van der Waals surface area contributed by atoms with Crippen molar-refractivity contribution in [2.75, 3.05) is 10.5 Å². The molecule has 0 saturated carbocycles. The summed E-state index contributed by atoms with van der Waals surface area (Å²) in [6.45, 7) is 4.26. The van der Waals surface area contributed by atoms with E-state index in [0.717, 1.165) is 11.4 Å². The first-order valence-electron chi connectivity index (χ1n) is 3.94. The highest BCUT2D eigenvalue weighted by atomic mass is 32.1. The summed E-state index contributed by atoms with van der Waals surface area (Å²) in [6.07, 6.45) is 0. The second-order valence-corrected chi connectivity index (χ2v) is 3.34. The number of thiol groups is 1. The predicted octanol–water partition coefficient (Wildman–Crippen LogP) is 2.65. The summed E-state index contributed by atoms with van der Waals surface area (Å²) in [5, 5.41) is 0. The van der Waals surface area contributed by atoms with Crippen molar-refractivity contribution in [1.29, 1.82) is 0 Å². The third kappa shape index (κ3) is 1.85. The summed E-state index contributed by atoms with van der Waals surface area (Å²) in [4.78, 5) is 0. The SMILES string of the molecule is CC(C)c1cc(N)ccc1NS. The summed E-state index contributed by atoms with van der Waals surface area (Å²) in [5.74, 6) is 0.461. The highest BCUT2D eigenvalue weighted by Gasteiger charge is 2.05. The molecule has 2 nitrogen and oxygen atoms in total. The Morgan fingerprint density at radius 1 is 1.42 bits per heavy atom. The van der Waals surface area contributed by atoms with Crippen LogP contribution in [-0.4, -0.2) is 0 Å². The number of hydrogen-bond acceptors (Lipinski definition) is 3. The molecule has 0 saturated heterocycles. The van der Waals surface area contributed by atoms with E-state index in [-0.39, 0.29) is 0 Å². The van der Waals surface area contributed by atoms with E-state index in [9.17, 15) is 0 Å². The van der Waals surface area contributed by atoms with Crippen LogP contribution in [0.25, 0.3) is 0 Å². The van der Waals surface area contributed by atoms with Crippen LogP contribution in [0.1, 0.15) is 25.3 Å².